The second kappa shape index (κ2) is 5.45. The number of benzene rings is 2. The zero-order valence-electron chi connectivity index (χ0n) is 10.2. The number of hydrogen-bond acceptors (Lipinski definition) is 1. The Morgan fingerprint density at radius 3 is 2.05 bits per heavy atom. The first-order valence-electron chi connectivity index (χ1n) is 5.98. The standard InChI is InChI=1S/C15H14F3N/c16-15(17,18)14-8-4-3-7-13(14)12-6-2-1-5-11(12)9-10-19/h1-8H,9-10,19H2. The summed E-state index contributed by atoms with van der Waals surface area (Å²) in [6.45, 7) is 0.408. The van der Waals surface area contributed by atoms with Gasteiger partial charge in [0.2, 0.25) is 0 Å². The van der Waals surface area contributed by atoms with Crippen LogP contribution < -0.4 is 5.73 Å². The van der Waals surface area contributed by atoms with Crippen molar-refractivity contribution in [2.24, 2.45) is 5.73 Å². The maximum Gasteiger partial charge on any atom is 0.417 e. The van der Waals surface area contributed by atoms with E-state index in [2.05, 4.69) is 0 Å². The predicted octanol–water partition coefficient (Wildman–Crippen LogP) is 3.87. The lowest BCUT2D eigenvalue weighted by Gasteiger charge is -2.15. The van der Waals surface area contributed by atoms with Crippen LogP contribution >= 0.6 is 0 Å². The van der Waals surface area contributed by atoms with Crippen LogP contribution in [0.2, 0.25) is 0 Å². The smallest absolute Gasteiger partial charge is 0.330 e. The van der Waals surface area contributed by atoms with Crippen LogP contribution in [0.25, 0.3) is 11.1 Å². The largest absolute Gasteiger partial charge is 0.417 e. The van der Waals surface area contributed by atoms with Crippen LogP contribution in [-0.4, -0.2) is 6.54 Å². The summed E-state index contributed by atoms with van der Waals surface area (Å²) in [7, 11) is 0. The van der Waals surface area contributed by atoms with E-state index in [4.69, 9.17) is 5.73 Å². The first-order valence-corrected chi connectivity index (χ1v) is 5.98. The van der Waals surface area contributed by atoms with Crippen LogP contribution in [0, 0.1) is 0 Å². The van der Waals surface area contributed by atoms with Gasteiger partial charge in [0.15, 0.2) is 0 Å². The Bertz CT molecular complexity index is 561. The maximum atomic E-state index is 13.0. The van der Waals surface area contributed by atoms with Crippen molar-refractivity contribution in [1.29, 1.82) is 0 Å². The highest BCUT2D eigenvalue weighted by Crippen LogP contribution is 2.37. The Morgan fingerprint density at radius 1 is 0.842 bits per heavy atom. The molecule has 0 aliphatic heterocycles. The van der Waals surface area contributed by atoms with Crippen molar-refractivity contribution in [3.05, 3.63) is 59.7 Å². The van der Waals surface area contributed by atoms with Gasteiger partial charge in [0.1, 0.15) is 0 Å². The van der Waals surface area contributed by atoms with E-state index >= 15 is 0 Å². The van der Waals surface area contributed by atoms with E-state index < -0.39 is 11.7 Å². The van der Waals surface area contributed by atoms with Gasteiger partial charge in [-0.3, -0.25) is 0 Å². The van der Waals surface area contributed by atoms with Crippen molar-refractivity contribution in [3.63, 3.8) is 0 Å². The molecule has 0 spiro atoms. The molecule has 0 aliphatic carbocycles. The van der Waals surface area contributed by atoms with Gasteiger partial charge in [0.05, 0.1) is 5.56 Å². The number of halogens is 3. The predicted molar refractivity (Wildman–Crippen MR) is 69.6 cm³/mol. The van der Waals surface area contributed by atoms with Gasteiger partial charge in [0, 0.05) is 0 Å². The summed E-state index contributed by atoms with van der Waals surface area (Å²) in [5.74, 6) is 0. The number of nitrogens with two attached hydrogens (primary N) is 1. The zero-order chi connectivity index (χ0) is 13.9. The van der Waals surface area contributed by atoms with Crippen molar-refractivity contribution in [3.8, 4) is 11.1 Å². The molecule has 0 radical (unpaired) electrons. The fourth-order valence-electron chi connectivity index (χ4n) is 2.12. The Balaban J connectivity index is 2.60. The van der Waals surface area contributed by atoms with E-state index in [1.165, 1.54) is 12.1 Å². The summed E-state index contributed by atoms with van der Waals surface area (Å²) in [5.41, 5.74) is 6.54. The van der Waals surface area contributed by atoms with E-state index in [1.807, 2.05) is 12.1 Å². The Morgan fingerprint density at radius 2 is 1.42 bits per heavy atom. The molecule has 2 N–H and O–H groups in total. The number of rotatable bonds is 3. The molecule has 0 amide bonds. The lowest BCUT2D eigenvalue weighted by Crippen LogP contribution is -2.09. The summed E-state index contributed by atoms with van der Waals surface area (Å²) in [6.07, 6.45) is -3.80. The number of alkyl halides is 3. The van der Waals surface area contributed by atoms with Gasteiger partial charge >= 0.3 is 6.18 Å². The minimum Gasteiger partial charge on any atom is -0.330 e. The molecule has 0 aromatic heterocycles. The molecule has 0 fully saturated rings. The van der Waals surface area contributed by atoms with Crippen molar-refractivity contribution in [2.75, 3.05) is 6.54 Å². The molecule has 0 bridgehead atoms. The SMILES string of the molecule is NCCc1ccccc1-c1ccccc1C(F)(F)F. The second-order valence-electron chi connectivity index (χ2n) is 4.24. The average Bonchev–Trinajstić information content (AvgIpc) is 2.39. The fourth-order valence-corrected chi connectivity index (χ4v) is 2.12. The topological polar surface area (TPSA) is 26.0 Å². The normalized spacial score (nSPS) is 11.6. The second-order valence-corrected chi connectivity index (χ2v) is 4.24. The molecular formula is C15H14F3N. The van der Waals surface area contributed by atoms with E-state index in [0.717, 1.165) is 11.6 Å². The van der Waals surface area contributed by atoms with Gasteiger partial charge in [0.25, 0.3) is 0 Å². The van der Waals surface area contributed by atoms with Gasteiger partial charge in [-0.1, -0.05) is 42.5 Å². The highest BCUT2D eigenvalue weighted by atomic mass is 19.4. The molecule has 0 saturated carbocycles. The molecule has 0 unspecified atom stereocenters. The minimum absolute atomic E-state index is 0.207. The van der Waals surface area contributed by atoms with Gasteiger partial charge in [-0.05, 0) is 35.7 Å². The van der Waals surface area contributed by atoms with Crippen LogP contribution in [0.5, 0.6) is 0 Å². The molecule has 1 nitrogen and oxygen atoms in total. The molecule has 4 heteroatoms. The lowest BCUT2D eigenvalue weighted by atomic mass is 9.94. The molecule has 2 rings (SSSR count). The molecule has 19 heavy (non-hydrogen) atoms. The summed E-state index contributed by atoms with van der Waals surface area (Å²) >= 11 is 0. The van der Waals surface area contributed by atoms with Gasteiger partial charge < -0.3 is 5.73 Å². The van der Waals surface area contributed by atoms with Crippen molar-refractivity contribution < 1.29 is 13.2 Å². The van der Waals surface area contributed by atoms with Crippen LogP contribution in [0.4, 0.5) is 13.2 Å². The molecular weight excluding hydrogens is 251 g/mol. The molecule has 0 heterocycles. The molecule has 2 aromatic carbocycles. The average molecular weight is 265 g/mol. The number of hydrogen-bond donors (Lipinski definition) is 1. The van der Waals surface area contributed by atoms with Crippen LogP contribution in [0.3, 0.4) is 0 Å². The molecule has 0 aliphatic rings. The van der Waals surface area contributed by atoms with Crippen molar-refractivity contribution >= 4 is 0 Å². The zero-order valence-corrected chi connectivity index (χ0v) is 10.2. The van der Waals surface area contributed by atoms with Crippen molar-refractivity contribution in [2.45, 2.75) is 12.6 Å². The minimum atomic E-state index is -4.35. The lowest BCUT2D eigenvalue weighted by molar-refractivity contribution is -0.137. The van der Waals surface area contributed by atoms with Crippen LogP contribution in [0.15, 0.2) is 48.5 Å². The third-order valence-corrected chi connectivity index (χ3v) is 2.95. The van der Waals surface area contributed by atoms with E-state index in [1.54, 1.807) is 18.2 Å². The maximum absolute atomic E-state index is 13.0. The fraction of sp³-hybridized carbons (Fsp3) is 0.200. The third-order valence-electron chi connectivity index (χ3n) is 2.95. The van der Waals surface area contributed by atoms with Gasteiger partial charge in [-0.25, -0.2) is 0 Å². The summed E-state index contributed by atoms with van der Waals surface area (Å²) in [5, 5.41) is 0. The van der Waals surface area contributed by atoms with Crippen molar-refractivity contribution in [1.82, 2.24) is 0 Å². The molecule has 100 valence electrons. The Kier molecular flexibility index (Phi) is 3.90. The van der Waals surface area contributed by atoms with Gasteiger partial charge in [-0.15, -0.1) is 0 Å². The van der Waals surface area contributed by atoms with Crippen LogP contribution in [-0.2, 0) is 12.6 Å². The quantitative estimate of drug-likeness (QED) is 0.895. The molecule has 2 aromatic rings. The summed E-state index contributed by atoms with van der Waals surface area (Å²) in [4.78, 5) is 0. The summed E-state index contributed by atoms with van der Waals surface area (Å²) < 4.78 is 39.1. The Hall–Kier alpha value is -1.81. The van der Waals surface area contributed by atoms with Crippen LogP contribution in [0.1, 0.15) is 11.1 Å². The van der Waals surface area contributed by atoms with E-state index in [-0.39, 0.29) is 5.56 Å². The molecule has 0 atom stereocenters. The Labute approximate surface area is 109 Å². The highest BCUT2D eigenvalue weighted by molar-refractivity contribution is 5.71. The third kappa shape index (κ3) is 2.96. The monoisotopic (exact) mass is 265 g/mol. The van der Waals surface area contributed by atoms with E-state index in [9.17, 15) is 13.2 Å². The molecule has 0 saturated heterocycles. The van der Waals surface area contributed by atoms with Gasteiger partial charge in [-0.2, -0.15) is 13.2 Å². The first-order chi connectivity index (χ1) is 9.04. The summed E-state index contributed by atoms with van der Waals surface area (Å²) in [6, 6.07) is 12.7. The van der Waals surface area contributed by atoms with E-state index in [0.29, 0.717) is 18.5 Å². The highest BCUT2D eigenvalue weighted by Gasteiger charge is 2.33. The first kappa shape index (κ1) is 13.6.